The van der Waals surface area contributed by atoms with Crippen LogP contribution in [-0.4, -0.2) is 43.4 Å². The van der Waals surface area contributed by atoms with Crippen LogP contribution in [0.25, 0.3) is 0 Å². The van der Waals surface area contributed by atoms with Crippen molar-refractivity contribution in [3.63, 3.8) is 0 Å². The van der Waals surface area contributed by atoms with Crippen LogP contribution < -0.4 is 0 Å². The molecule has 0 spiro atoms. The Labute approximate surface area is 97.5 Å². The van der Waals surface area contributed by atoms with E-state index in [0.29, 0.717) is 26.2 Å². The molecule has 94 valence electrons. The lowest BCUT2D eigenvalue weighted by molar-refractivity contribution is -0.112. The maximum absolute atomic E-state index is 12.2. The molecule has 16 heavy (non-hydrogen) atoms. The van der Waals surface area contributed by atoms with Gasteiger partial charge in [0.1, 0.15) is 0 Å². The standard InChI is InChI=1S/C10H20N2O3S/c13-16(14,12-9-5-6-10-15-12)11-7-3-1-2-4-8-11/h1-10H2. The van der Waals surface area contributed by atoms with Crippen molar-refractivity contribution < 1.29 is 13.3 Å². The molecule has 2 saturated heterocycles. The third-order valence-corrected chi connectivity index (χ3v) is 4.94. The van der Waals surface area contributed by atoms with Crippen LogP contribution in [-0.2, 0) is 15.0 Å². The van der Waals surface area contributed by atoms with E-state index >= 15 is 0 Å². The van der Waals surface area contributed by atoms with Crippen LogP contribution in [0.5, 0.6) is 0 Å². The van der Waals surface area contributed by atoms with Crippen molar-refractivity contribution in [3.8, 4) is 0 Å². The van der Waals surface area contributed by atoms with E-state index in [9.17, 15) is 8.42 Å². The van der Waals surface area contributed by atoms with Crippen molar-refractivity contribution in [1.29, 1.82) is 0 Å². The van der Waals surface area contributed by atoms with E-state index in [0.717, 1.165) is 38.5 Å². The van der Waals surface area contributed by atoms with Gasteiger partial charge in [0.15, 0.2) is 0 Å². The summed E-state index contributed by atoms with van der Waals surface area (Å²) in [5.41, 5.74) is 0. The highest BCUT2D eigenvalue weighted by Crippen LogP contribution is 2.19. The summed E-state index contributed by atoms with van der Waals surface area (Å²) >= 11 is 0. The summed E-state index contributed by atoms with van der Waals surface area (Å²) in [6, 6.07) is 0. The number of nitrogens with zero attached hydrogens (tertiary/aromatic N) is 2. The van der Waals surface area contributed by atoms with Gasteiger partial charge in [-0.3, -0.25) is 4.84 Å². The second-order valence-electron chi connectivity index (χ2n) is 4.39. The van der Waals surface area contributed by atoms with Crippen LogP contribution in [0.3, 0.4) is 0 Å². The van der Waals surface area contributed by atoms with E-state index in [1.807, 2.05) is 0 Å². The number of hydrogen-bond acceptors (Lipinski definition) is 3. The summed E-state index contributed by atoms with van der Waals surface area (Å²) in [4.78, 5) is 5.24. The Morgan fingerprint density at radius 2 is 1.44 bits per heavy atom. The third kappa shape index (κ3) is 2.74. The highest BCUT2D eigenvalue weighted by Gasteiger charge is 2.31. The molecule has 0 atom stereocenters. The van der Waals surface area contributed by atoms with Crippen LogP contribution in [0.1, 0.15) is 38.5 Å². The highest BCUT2D eigenvalue weighted by atomic mass is 32.2. The van der Waals surface area contributed by atoms with Gasteiger partial charge in [0, 0.05) is 19.6 Å². The minimum Gasteiger partial charge on any atom is -0.283 e. The molecule has 0 amide bonds. The molecule has 5 nitrogen and oxygen atoms in total. The number of hydrogen-bond donors (Lipinski definition) is 0. The van der Waals surface area contributed by atoms with Crippen molar-refractivity contribution in [2.24, 2.45) is 0 Å². The van der Waals surface area contributed by atoms with Crippen molar-refractivity contribution in [2.75, 3.05) is 26.2 Å². The summed E-state index contributed by atoms with van der Waals surface area (Å²) in [6.45, 7) is 2.30. The second-order valence-corrected chi connectivity index (χ2v) is 6.21. The highest BCUT2D eigenvalue weighted by molar-refractivity contribution is 7.86. The molecule has 0 bridgehead atoms. The molecule has 0 radical (unpaired) electrons. The Morgan fingerprint density at radius 3 is 2.00 bits per heavy atom. The monoisotopic (exact) mass is 248 g/mol. The van der Waals surface area contributed by atoms with Crippen LogP contribution in [0, 0.1) is 0 Å². The predicted molar refractivity (Wildman–Crippen MR) is 60.9 cm³/mol. The van der Waals surface area contributed by atoms with Crippen molar-refractivity contribution >= 4 is 10.2 Å². The molecule has 0 N–H and O–H groups in total. The number of hydroxylamine groups is 1. The summed E-state index contributed by atoms with van der Waals surface area (Å²) < 4.78 is 27.2. The lowest BCUT2D eigenvalue weighted by Crippen LogP contribution is -2.46. The Balaban J connectivity index is 2.03. The maximum atomic E-state index is 12.2. The molecule has 2 rings (SSSR count). The summed E-state index contributed by atoms with van der Waals surface area (Å²) in [5, 5.41) is 0. The molecule has 6 heteroatoms. The largest absolute Gasteiger partial charge is 0.304 e. The molecule has 0 aromatic heterocycles. The maximum Gasteiger partial charge on any atom is 0.304 e. The fourth-order valence-electron chi connectivity index (χ4n) is 2.16. The first-order valence-electron chi connectivity index (χ1n) is 6.12. The van der Waals surface area contributed by atoms with Crippen molar-refractivity contribution in [3.05, 3.63) is 0 Å². The van der Waals surface area contributed by atoms with Crippen LogP contribution >= 0.6 is 0 Å². The first-order valence-corrected chi connectivity index (χ1v) is 7.52. The summed E-state index contributed by atoms with van der Waals surface area (Å²) in [5.74, 6) is 0. The van der Waals surface area contributed by atoms with E-state index in [2.05, 4.69) is 0 Å². The third-order valence-electron chi connectivity index (χ3n) is 3.12. The smallest absolute Gasteiger partial charge is 0.283 e. The molecule has 2 aliphatic rings. The minimum atomic E-state index is -3.36. The zero-order valence-electron chi connectivity index (χ0n) is 9.60. The number of rotatable bonds is 2. The molecular weight excluding hydrogens is 228 g/mol. The molecule has 2 aliphatic heterocycles. The fourth-order valence-corrected chi connectivity index (χ4v) is 3.70. The van der Waals surface area contributed by atoms with Crippen LogP contribution in [0.2, 0.25) is 0 Å². The normalized spacial score (nSPS) is 26.5. The zero-order chi connectivity index (χ0) is 11.4. The van der Waals surface area contributed by atoms with Crippen LogP contribution in [0.15, 0.2) is 0 Å². The lowest BCUT2D eigenvalue weighted by atomic mass is 10.2. The Bertz CT molecular complexity index is 304. The van der Waals surface area contributed by atoms with Gasteiger partial charge in [-0.05, 0) is 25.7 Å². The summed E-state index contributed by atoms with van der Waals surface area (Å²) in [7, 11) is -3.36. The fraction of sp³-hybridized carbons (Fsp3) is 1.00. The second kappa shape index (κ2) is 5.44. The van der Waals surface area contributed by atoms with E-state index in [-0.39, 0.29) is 0 Å². The van der Waals surface area contributed by atoms with Gasteiger partial charge in [-0.15, -0.1) is 0 Å². The van der Waals surface area contributed by atoms with Gasteiger partial charge in [0.05, 0.1) is 6.61 Å². The quantitative estimate of drug-likeness (QED) is 0.736. The van der Waals surface area contributed by atoms with E-state index < -0.39 is 10.2 Å². The van der Waals surface area contributed by atoms with E-state index in [1.165, 1.54) is 4.47 Å². The first kappa shape index (κ1) is 12.3. The Hall–Kier alpha value is -0.170. The van der Waals surface area contributed by atoms with E-state index in [4.69, 9.17) is 4.84 Å². The SMILES string of the molecule is O=S(=O)(N1CCCCCC1)N1CCCCO1. The van der Waals surface area contributed by atoms with Crippen molar-refractivity contribution in [1.82, 2.24) is 8.77 Å². The molecule has 0 unspecified atom stereocenters. The van der Waals surface area contributed by atoms with Gasteiger partial charge in [-0.2, -0.15) is 12.7 Å². The average Bonchev–Trinajstić information content (AvgIpc) is 2.59. The average molecular weight is 248 g/mol. The lowest BCUT2D eigenvalue weighted by Gasteiger charge is -2.30. The van der Waals surface area contributed by atoms with Crippen LogP contribution in [0.4, 0.5) is 0 Å². The molecule has 2 heterocycles. The van der Waals surface area contributed by atoms with Gasteiger partial charge < -0.3 is 0 Å². The molecular formula is C10H20N2O3S. The minimum absolute atomic E-state index is 0.499. The molecule has 0 aliphatic carbocycles. The molecule has 0 aromatic carbocycles. The molecule has 2 fully saturated rings. The van der Waals surface area contributed by atoms with Gasteiger partial charge in [0.2, 0.25) is 0 Å². The first-order chi connectivity index (χ1) is 7.71. The molecule has 0 aromatic rings. The van der Waals surface area contributed by atoms with Gasteiger partial charge in [-0.1, -0.05) is 17.3 Å². The summed E-state index contributed by atoms with van der Waals surface area (Å²) in [6.07, 6.45) is 6.04. The van der Waals surface area contributed by atoms with Crippen molar-refractivity contribution in [2.45, 2.75) is 38.5 Å². The van der Waals surface area contributed by atoms with Gasteiger partial charge >= 0.3 is 10.2 Å². The Kier molecular flexibility index (Phi) is 4.18. The molecule has 0 saturated carbocycles. The van der Waals surface area contributed by atoms with Gasteiger partial charge in [0.25, 0.3) is 0 Å². The topological polar surface area (TPSA) is 49.9 Å². The Morgan fingerprint density at radius 1 is 0.812 bits per heavy atom. The predicted octanol–water partition coefficient (Wildman–Crippen LogP) is 1.13. The van der Waals surface area contributed by atoms with Gasteiger partial charge in [-0.25, -0.2) is 0 Å². The van der Waals surface area contributed by atoms with E-state index in [1.54, 1.807) is 4.31 Å². The zero-order valence-corrected chi connectivity index (χ0v) is 10.4.